The summed E-state index contributed by atoms with van der Waals surface area (Å²) in [6.45, 7) is 0.532. The van der Waals surface area contributed by atoms with Crippen LogP contribution in [0, 0.1) is 0 Å². The number of amides is 1. The van der Waals surface area contributed by atoms with Gasteiger partial charge in [0.25, 0.3) is 5.91 Å². The number of benzene rings is 1. The van der Waals surface area contributed by atoms with Gasteiger partial charge in [0, 0.05) is 17.8 Å². The smallest absolute Gasteiger partial charge is 0.254 e. The zero-order valence-electron chi connectivity index (χ0n) is 14.5. The van der Waals surface area contributed by atoms with Crippen LogP contribution >= 0.6 is 0 Å². The van der Waals surface area contributed by atoms with E-state index < -0.39 is 0 Å². The first-order valence-corrected chi connectivity index (χ1v) is 8.85. The minimum Gasteiger partial charge on any atom is -0.330 e. The van der Waals surface area contributed by atoms with E-state index in [1.807, 2.05) is 64.2 Å². The van der Waals surface area contributed by atoms with Crippen LogP contribution < -0.4 is 0 Å². The molecule has 0 radical (unpaired) electrons. The summed E-state index contributed by atoms with van der Waals surface area (Å²) in [5, 5.41) is 11.2. The van der Waals surface area contributed by atoms with Crippen molar-refractivity contribution in [1.82, 2.24) is 34.5 Å². The van der Waals surface area contributed by atoms with E-state index in [1.54, 1.807) is 4.68 Å². The van der Waals surface area contributed by atoms with E-state index in [4.69, 9.17) is 0 Å². The molecule has 0 bridgehead atoms. The van der Waals surface area contributed by atoms with Crippen molar-refractivity contribution in [2.24, 2.45) is 0 Å². The maximum Gasteiger partial charge on any atom is 0.254 e. The number of aromatic nitrogens is 6. The molecule has 0 saturated heterocycles. The second-order valence-corrected chi connectivity index (χ2v) is 6.65. The molecule has 0 N–H and O–H groups in total. The van der Waals surface area contributed by atoms with Crippen molar-refractivity contribution in [3.05, 3.63) is 72.4 Å². The third-order valence-corrected chi connectivity index (χ3v) is 4.78. The zero-order chi connectivity index (χ0) is 18.2. The van der Waals surface area contributed by atoms with Crippen LogP contribution in [0.3, 0.4) is 0 Å². The van der Waals surface area contributed by atoms with Crippen LogP contribution in [-0.2, 0) is 6.54 Å². The lowest BCUT2D eigenvalue weighted by Gasteiger charge is -2.22. The molecule has 0 unspecified atom stereocenters. The monoisotopic (exact) mass is 359 g/mol. The SMILES string of the molecule is O=C(c1cccc(-n2cnnn2)c1)N(Cc1cnc2ccccn12)C1CC1. The Labute approximate surface area is 155 Å². The molecule has 8 nitrogen and oxygen atoms in total. The maximum absolute atomic E-state index is 13.2. The van der Waals surface area contributed by atoms with Crippen molar-refractivity contribution in [3.63, 3.8) is 0 Å². The lowest BCUT2D eigenvalue weighted by Crippen LogP contribution is -2.33. The second-order valence-electron chi connectivity index (χ2n) is 6.65. The van der Waals surface area contributed by atoms with Crippen molar-refractivity contribution < 1.29 is 4.79 Å². The van der Waals surface area contributed by atoms with E-state index >= 15 is 0 Å². The lowest BCUT2D eigenvalue weighted by atomic mass is 10.1. The van der Waals surface area contributed by atoms with Crippen LogP contribution in [0.5, 0.6) is 0 Å². The molecular formula is C19H17N7O. The molecule has 3 heterocycles. The summed E-state index contributed by atoms with van der Waals surface area (Å²) in [6.07, 6.45) is 7.41. The van der Waals surface area contributed by atoms with Crippen molar-refractivity contribution in [3.8, 4) is 5.69 Å². The van der Waals surface area contributed by atoms with Crippen molar-refractivity contribution in [2.75, 3.05) is 0 Å². The van der Waals surface area contributed by atoms with Crippen LogP contribution in [0.4, 0.5) is 0 Å². The summed E-state index contributed by atoms with van der Waals surface area (Å²) in [6, 6.07) is 13.6. The summed E-state index contributed by atoms with van der Waals surface area (Å²) in [5.74, 6) is 0.0123. The number of pyridine rings is 1. The summed E-state index contributed by atoms with van der Waals surface area (Å²) < 4.78 is 3.57. The van der Waals surface area contributed by atoms with Crippen LogP contribution in [0.15, 0.2) is 61.2 Å². The first-order valence-electron chi connectivity index (χ1n) is 8.85. The van der Waals surface area contributed by atoms with E-state index in [0.29, 0.717) is 12.1 Å². The molecule has 1 aromatic carbocycles. The van der Waals surface area contributed by atoms with Crippen molar-refractivity contribution >= 4 is 11.6 Å². The van der Waals surface area contributed by atoms with Gasteiger partial charge in [-0.3, -0.25) is 4.79 Å². The Kier molecular flexibility index (Phi) is 3.67. The minimum absolute atomic E-state index is 0.0123. The summed E-state index contributed by atoms with van der Waals surface area (Å²) in [4.78, 5) is 19.6. The van der Waals surface area contributed by atoms with Crippen LogP contribution in [0.2, 0.25) is 0 Å². The van der Waals surface area contributed by atoms with Crippen LogP contribution in [0.25, 0.3) is 11.3 Å². The number of tetrazole rings is 1. The van der Waals surface area contributed by atoms with Gasteiger partial charge in [0.2, 0.25) is 0 Å². The lowest BCUT2D eigenvalue weighted by molar-refractivity contribution is 0.0727. The third-order valence-electron chi connectivity index (χ3n) is 4.78. The molecule has 1 fully saturated rings. The number of carbonyl (C=O) groups excluding carboxylic acids is 1. The molecule has 1 amide bonds. The number of fused-ring (bicyclic) bond motifs is 1. The standard InChI is InChI=1S/C19H17N7O/c27-19(14-4-3-5-16(10-14)26-13-21-22-23-26)25(15-7-8-15)12-17-11-20-18-6-1-2-9-24(17)18/h1-6,9-11,13,15H,7-8,12H2. The number of imidazole rings is 1. The van der Waals surface area contributed by atoms with Gasteiger partial charge in [0.15, 0.2) is 0 Å². The van der Waals surface area contributed by atoms with E-state index in [1.165, 1.54) is 6.33 Å². The fourth-order valence-electron chi connectivity index (χ4n) is 3.26. The molecule has 8 heteroatoms. The van der Waals surface area contributed by atoms with Gasteiger partial charge < -0.3 is 9.30 Å². The van der Waals surface area contributed by atoms with Crippen molar-refractivity contribution in [2.45, 2.75) is 25.4 Å². The third kappa shape index (κ3) is 2.95. The Bertz CT molecular complexity index is 1100. The predicted molar refractivity (Wildman–Crippen MR) is 97.2 cm³/mol. The molecule has 0 atom stereocenters. The summed E-state index contributed by atoms with van der Waals surface area (Å²) in [7, 11) is 0. The highest BCUT2D eigenvalue weighted by molar-refractivity contribution is 5.95. The highest BCUT2D eigenvalue weighted by Gasteiger charge is 2.33. The Morgan fingerprint density at radius 3 is 2.93 bits per heavy atom. The molecule has 27 heavy (non-hydrogen) atoms. The summed E-state index contributed by atoms with van der Waals surface area (Å²) >= 11 is 0. The molecule has 0 spiro atoms. The summed E-state index contributed by atoms with van der Waals surface area (Å²) in [5.41, 5.74) is 3.28. The van der Waals surface area contributed by atoms with Crippen molar-refractivity contribution in [1.29, 1.82) is 0 Å². The van der Waals surface area contributed by atoms with Gasteiger partial charge in [-0.1, -0.05) is 12.1 Å². The number of rotatable bonds is 5. The fourth-order valence-corrected chi connectivity index (χ4v) is 3.26. The topological polar surface area (TPSA) is 81.2 Å². The zero-order valence-corrected chi connectivity index (χ0v) is 14.5. The van der Waals surface area contributed by atoms with E-state index in [2.05, 4.69) is 20.5 Å². The van der Waals surface area contributed by atoms with Gasteiger partial charge in [-0.25, -0.2) is 9.67 Å². The first-order chi connectivity index (χ1) is 13.3. The minimum atomic E-state index is 0.0123. The Morgan fingerprint density at radius 1 is 1.19 bits per heavy atom. The molecule has 5 rings (SSSR count). The molecule has 4 aromatic rings. The number of hydrogen-bond donors (Lipinski definition) is 0. The molecule has 3 aromatic heterocycles. The predicted octanol–water partition coefficient (Wildman–Crippen LogP) is 2.11. The average molecular weight is 359 g/mol. The van der Waals surface area contributed by atoms with E-state index in [9.17, 15) is 4.79 Å². The van der Waals surface area contributed by atoms with Gasteiger partial charge in [-0.15, -0.1) is 5.10 Å². The first kappa shape index (κ1) is 15.7. The number of hydrogen-bond acceptors (Lipinski definition) is 5. The number of nitrogens with zero attached hydrogens (tertiary/aromatic N) is 7. The normalized spacial score (nSPS) is 13.8. The molecular weight excluding hydrogens is 342 g/mol. The highest BCUT2D eigenvalue weighted by atomic mass is 16.2. The van der Waals surface area contributed by atoms with Crippen LogP contribution in [0.1, 0.15) is 28.9 Å². The molecule has 0 aliphatic heterocycles. The largest absolute Gasteiger partial charge is 0.330 e. The number of carbonyl (C=O) groups is 1. The Hall–Kier alpha value is -3.55. The fraction of sp³-hybridized carbons (Fsp3) is 0.211. The molecule has 134 valence electrons. The van der Waals surface area contributed by atoms with Gasteiger partial charge in [-0.2, -0.15) is 0 Å². The second kappa shape index (κ2) is 6.31. The Morgan fingerprint density at radius 2 is 2.11 bits per heavy atom. The Balaban J connectivity index is 1.46. The molecule has 1 aliphatic rings. The van der Waals surface area contributed by atoms with E-state index in [0.717, 1.165) is 29.9 Å². The quantitative estimate of drug-likeness (QED) is 0.545. The average Bonchev–Trinajstić information content (AvgIpc) is 3.25. The van der Waals surface area contributed by atoms with Gasteiger partial charge in [-0.05, 0) is 53.6 Å². The van der Waals surface area contributed by atoms with E-state index in [-0.39, 0.29) is 11.9 Å². The molecule has 1 saturated carbocycles. The van der Waals surface area contributed by atoms with Crippen LogP contribution in [-0.4, -0.2) is 46.4 Å². The van der Waals surface area contributed by atoms with Gasteiger partial charge in [0.05, 0.1) is 24.1 Å². The maximum atomic E-state index is 13.2. The molecule has 1 aliphatic carbocycles. The van der Waals surface area contributed by atoms with Gasteiger partial charge in [0.1, 0.15) is 12.0 Å². The highest BCUT2D eigenvalue weighted by Crippen LogP contribution is 2.30. The van der Waals surface area contributed by atoms with Gasteiger partial charge >= 0.3 is 0 Å².